The molecule has 5 nitrogen and oxygen atoms in total. The Morgan fingerprint density at radius 2 is 1.68 bits per heavy atom. The van der Waals surface area contributed by atoms with E-state index in [1.807, 2.05) is 37.3 Å². The third-order valence-electron chi connectivity index (χ3n) is 4.30. The van der Waals surface area contributed by atoms with Crippen molar-refractivity contribution in [2.45, 2.75) is 19.4 Å². The molecule has 0 bridgehead atoms. The van der Waals surface area contributed by atoms with Crippen molar-refractivity contribution in [1.82, 2.24) is 10.6 Å². The average molecular weight is 383 g/mol. The highest BCUT2D eigenvalue weighted by Crippen LogP contribution is 2.15. The third kappa shape index (κ3) is 4.31. The summed E-state index contributed by atoms with van der Waals surface area (Å²) in [7, 11) is 0. The molecule has 0 fully saturated rings. The summed E-state index contributed by atoms with van der Waals surface area (Å²) in [6.45, 7) is 2.21. The van der Waals surface area contributed by atoms with Crippen LogP contribution in [0.2, 0.25) is 0 Å². The van der Waals surface area contributed by atoms with Crippen LogP contribution < -0.4 is 10.6 Å². The van der Waals surface area contributed by atoms with Gasteiger partial charge in [-0.25, -0.2) is 8.78 Å². The Morgan fingerprint density at radius 1 is 1.00 bits per heavy atom. The molecule has 1 unspecified atom stereocenters. The molecule has 2 aromatic carbocycles. The lowest BCUT2D eigenvalue weighted by Gasteiger charge is -2.19. The molecule has 2 amide bonds. The standard InChI is InChI=1S/C21H19F2N3O2/c1-13(14-7-3-2-4-8-14)25-21(28)19-17(11-6-12-24-19)26-20(27)18-15(22)9-5-10-16(18)23/h2-5,7-11,13H,6,12H2,1H3,(H,25,28)(H,26,27). The van der Waals surface area contributed by atoms with Crippen LogP contribution in [-0.2, 0) is 4.79 Å². The van der Waals surface area contributed by atoms with Gasteiger partial charge < -0.3 is 10.6 Å². The molecule has 0 radical (unpaired) electrons. The van der Waals surface area contributed by atoms with Gasteiger partial charge in [-0.2, -0.15) is 0 Å². The Kier molecular flexibility index (Phi) is 5.93. The first-order valence-electron chi connectivity index (χ1n) is 8.83. The van der Waals surface area contributed by atoms with Gasteiger partial charge in [0, 0.05) is 6.54 Å². The molecule has 1 atom stereocenters. The van der Waals surface area contributed by atoms with Crippen LogP contribution in [0, 0.1) is 11.6 Å². The maximum absolute atomic E-state index is 13.8. The van der Waals surface area contributed by atoms with E-state index < -0.39 is 29.0 Å². The molecule has 1 aliphatic rings. The van der Waals surface area contributed by atoms with Gasteiger partial charge in [0.25, 0.3) is 11.8 Å². The molecule has 3 rings (SSSR count). The van der Waals surface area contributed by atoms with Crippen LogP contribution in [0.5, 0.6) is 0 Å². The summed E-state index contributed by atoms with van der Waals surface area (Å²) < 4.78 is 27.7. The van der Waals surface area contributed by atoms with Crippen LogP contribution in [0.15, 0.2) is 65.3 Å². The van der Waals surface area contributed by atoms with Gasteiger partial charge in [0.1, 0.15) is 22.9 Å². The quantitative estimate of drug-likeness (QED) is 0.832. The SMILES string of the molecule is CC(NC(=O)C1=NCCC=C1NC(=O)c1c(F)cccc1F)c1ccccc1. The smallest absolute Gasteiger partial charge is 0.272 e. The van der Waals surface area contributed by atoms with Gasteiger partial charge in [-0.15, -0.1) is 0 Å². The van der Waals surface area contributed by atoms with E-state index >= 15 is 0 Å². The molecule has 0 saturated carbocycles. The summed E-state index contributed by atoms with van der Waals surface area (Å²) >= 11 is 0. The summed E-state index contributed by atoms with van der Waals surface area (Å²) in [6.07, 6.45) is 2.12. The first-order chi connectivity index (χ1) is 13.5. The largest absolute Gasteiger partial charge is 0.344 e. The van der Waals surface area contributed by atoms with Crippen molar-refractivity contribution in [2.75, 3.05) is 6.54 Å². The van der Waals surface area contributed by atoms with Crippen molar-refractivity contribution in [3.63, 3.8) is 0 Å². The minimum atomic E-state index is -0.977. The summed E-state index contributed by atoms with van der Waals surface area (Å²) in [5, 5.41) is 5.23. The second-order valence-electron chi connectivity index (χ2n) is 6.29. The predicted molar refractivity (Wildman–Crippen MR) is 102 cm³/mol. The van der Waals surface area contributed by atoms with E-state index in [1.165, 1.54) is 6.07 Å². The highest BCUT2D eigenvalue weighted by atomic mass is 19.1. The number of hydrogen-bond donors (Lipinski definition) is 2. The normalized spacial score (nSPS) is 14.5. The molecule has 1 aliphatic heterocycles. The highest BCUT2D eigenvalue weighted by molar-refractivity contribution is 6.45. The zero-order valence-corrected chi connectivity index (χ0v) is 15.2. The van der Waals surface area contributed by atoms with E-state index in [4.69, 9.17) is 0 Å². The lowest BCUT2D eigenvalue weighted by atomic mass is 10.1. The zero-order valence-electron chi connectivity index (χ0n) is 15.2. The molecule has 0 saturated heterocycles. The topological polar surface area (TPSA) is 70.6 Å². The lowest BCUT2D eigenvalue weighted by molar-refractivity contribution is -0.115. The summed E-state index contributed by atoms with van der Waals surface area (Å²) in [5.74, 6) is -3.40. The molecule has 0 aromatic heterocycles. The van der Waals surface area contributed by atoms with E-state index in [0.717, 1.165) is 17.7 Å². The number of hydrogen-bond acceptors (Lipinski definition) is 3. The number of aliphatic imine (C=N–C) groups is 1. The number of rotatable bonds is 5. The number of carbonyl (C=O) groups excluding carboxylic acids is 2. The van der Waals surface area contributed by atoms with Crippen molar-refractivity contribution in [3.05, 3.63) is 83.1 Å². The molecule has 2 N–H and O–H groups in total. The summed E-state index contributed by atoms with van der Waals surface area (Å²) in [5.41, 5.74) is 0.373. The number of dihydropyridines is 1. The number of amides is 2. The van der Waals surface area contributed by atoms with Gasteiger partial charge in [-0.1, -0.05) is 42.5 Å². The second kappa shape index (κ2) is 8.56. The lowest BCUT2D eigenvalue weighted by Crippen LogP contribution is -2.40. The molecule has 1 heterocycles. The Morgan fingerprint density at radius 3 is 2.36 bits per heavy atom. The molecule has 0 spiro atoms. The Bertz CT molecular complexity index is 935. The molecule has 2 aromatic rings. The van der Waals surface area contributed by atoms with Crippen molar-refractivity contribution in [2.24, 2.45) is 4.99 Å². The Balaban J connectivity index is 1.74. The van der Waals surface area contributed by atoms with E-state index in [-0.39, 0.29) is 17.5 Å². The van der Waals surface area contributed by atoms with Crippen molar-refractivity contribution >= 4 is 17.5 Å². The summed E-state index contributed by atoms with van der Waals surface area (Å²) in [4.78, 5) is 29.2. The molecular weight excluding hydrogens is 364 g/mol. The van der Waals surface area contributed by atoms with E-state index in [1.54, 1.807) is 6.08 Å². The third-order valence-corrected chi connectivity index (χ3v) is 4.30. The number of carbonyl (C=O) groups is 2. The first kappa shape index (κ1) is 19.4. The molecule has 7 heteroatoms. The van der Waals surface area contributed by atoms with E-state index in [9.17, 15) is 18.4 Å². The number of nitrogens with zero attached hydrogens (tertiary/aromatic N) is 1. The van der Waals surface area contributed by atoms with Gasteiger partial charge >= 0.3 is 0 Å². The summed E-state index contributed by atoms with van der Waals surface area (Å²) in [6, 6.07) is 12.3. The van der Waals surface area contributed by atoms with Crippen molar-refractivity contribution < 1.29 is 18.4 Å². The second-order valence-corrected chi connectivity index (χ2v) is 6.29. The fraction of sp³-hybridized carbons (Fsp3) is 0.190. The molecule has 28 heavy (non-hydrogen) atoms. The maximum Gasteiger partial charge on any atom is 0.272 e. The van der Waals surface area contributed by atoms with E-state index in [2.05, 4.69) is 15.6 Å². The monoisotopic (exact) mass is 383 g/mol. The zero-order chi connectivity index (χ0) is 20.1. The Hall–Kier alpha value is -3.35. The van der Waals surface area contributed by atoms with Crippen LogP contribution in [0.4, 0.5) is 8.78 Å². The number of benzene rings is 2. The van der Waals surface area contributed by atoms with Gasteiger partial charge in [0.15, 0.2) is 0 Å². The first-order valence-corrected chi connectivity index (χ1v) is 8.83. The van der Waals surface area contributed by atoms with Crippen LogP contribution in [-0.4, -0.2) is 24.1 Å². The van der Waals surface area contributed by atoms with Crippen LogP contribution in [0.3, 0.4) is 0 Å². The minimum absolute atomic E-state index is 0.0270. The van der Waals surface area contributed by atoms with Gasteiger partial charge in [0.2, 0.25) is 0 Å². The minimum Gasteiger partial charge on any atom is -0.344 e. The van der Waals surface area contributed by atoms with Gasteiger partial charge in [-0.3, -0.25) is 14.6 Å². The Labute approximate surface area is 161 Å². The van der Waals surface area contributed by atoms with Crippen molar-refractivity contribution in [1.29, 1.82) is 0 Å². The fourth-order valence-corrected chi connectivity index (χ4v) is 2.86. The van der Waals surface area contributed by atoms with Gasteiger partial charge in [-0.05, 0) is 31.0 Å². The number of nitrogens with one attached hydrogen (secondary N) is 2. The van der Waals surface area contributed by atoms with Crippen LogP contribution in [0.25, 0.3) is 0 Å². The average Bonchev–Trinajstić information content (AvgIpc) is 2.69. The highest BCUT2D eigenvalue weighted by Gasteiger charge is 2.25. The number of halogens is 2. The van der Waals surface area contributed by atoms with Gasteiger partial charge in [0.05, 0.1) is 11.7 Å². The van der Waals surface area contributed by atoms with Crippen LogP contribution >= 0.6 is 0 Å². The molecule has 144 valence electrons. The van der Waals surface area contributed by atoms with E-state index in [0.29, 0.717) is 13.0 Å². The predicted octanol–water partition coefficient (Wildman–Crippen LogP) is 3.30. The fourth-order valence-electron chi connectivity index (χ4n) is 2.86. The molecule has 0 aliphatic carbocycles. The maximum atomic E-state index is 13.8. The van der Waals surface area contributed by atoms with Crippen molar-refractivity contribution in [3.8, 4) is 0 Å². The molecular formula is C21H19F2N3O2. The van der Waals surface area contributed by atoms with Crippen LogP contribution in [0.1, 0.15) is 35.3 Å².